The highest BCUT2D eigenvalue weighted by atomic mass is 16.5. The van der Waals surface area contributed by atoms with Gasteiger partial charge in [-0.2, -0.15) is 0 Å². The molecule has 4 nitrogen and oxygen atoms in total. The van der Waals surface area contributed by atoms with Crippen LogP contribution in [0.25, 0.3) is 0 Å². The molecule has 2 rings (SSSR count). The molecule has 0 radical (unpaired) electrons. The fourth-order valence-electron chi connectivity index (χ4n) is 2.11. The van der Waals surface area contributed by atoms with Gasteiger partial charge in [-0.1, -0.05) is 0 Å². The molecule has 0 aromatic rings. The van der Waals surface area contributed by atoms with E-state index >= 15 is 0 Å². The lowest BCUT2D eigenvalue weighted by Crippen LogP contribution is -2.42. The number of likely N-dealkylation sites (tertiary alicyclic amines) is 1. The van der Waals surface area contributed by atoms with Gasteiger partial charge in [-0.15, -0.1) is 0 Å². The lowest BCUT2D eigenvalue weighted by molar-refractivity contribution is -0.131. The maximum absolute atomic E-state index is 11.1. The average molecular weight is 171 g/mol. The van der Waals surface area contributed by atoms with E-state index in [4.69, 9.17) is 4.74 Å². The quantitative estimate of drug-likeness (QED) is 0.528. The van der Waals surface area contributed by atoms with E-state index in [2.05, 4.69) is 0 Å². The summed E-state index contributed by atoms with van der Waals surface area (Å²) >= 11 is 0. The third-order valence-electron chi connectivity index (χ3n) is 2.68. The number of amides is 1. The molecule has 2 fully saturated rings. The Bertz CT molecular complexity index is 206. The van der Waals surface area contributed by atoms with Crippen LogP contribution in [-0.2, 0) is 9.53 Å². The Balaban J connectivity index is 2.14. The third kappa shape index (κ3) is 1.03. The van der Waals surface area contributed by atoms with Gasteiger partial charge in [0.1, 0.15) is 6.10 Å². The summed E-state index contributed by atoms with van der Waals surface area (Å²) in [6.07, 6.45) is 0.451. The summed E-state index contributed by atoms with van der Waals surface area (Å²) in [5.74, 6) is 0.0343. The Morgan fingerprint density at radius 1 is 1.67 bits per heavy atom. The monoisotopic (exact) mass is 171 g/mol. The predicted octanol–water partition coefficient (Wildman–Crippen LogP) is -0.633. The van der Waals surface area contributed by atoms with Gasteiger partial charge in [-0.05, 0) is 6.42 Å². The van der Waals surface area contributed by atoms with Gasteiger partial charge in [0.15, 0.2) is 0 Å². The van der Waals surface area contributed by atoms with E-state index in [-0.39, 0.29) is 18.1 Å². The van der Waals surface area contributed by atoms with Crippen LogP contribution in [-0.4, -0.2) is 47.3 Å². The number of fused-ring (bicyclic) bond motifs is 1. The number of hydrogen-bond donors (Lipinski definition) is 1. The Kier molecular flexibility index (Phi) is 1.81. The summed E-state index contributed by atoms with van der Waals surface area (Å²) < 4.78 is 5.33. The minimum atomic E-state index is -0.485. The van der Waals surface area contributed by atoms with Gasteiger partial charge in [0, 0.05) is 13.5 Å². The Morgan fingerprint density at radius 3 is 3.08 bits per heavy atom. The van der Waals surface area contributed by atoms with Gasteiger partial charge in [0.2, 0.25) is 5.91 Å². The minimum Gasteiger partial charge on any atom is -0.388 e. The zero-order chi connectivity index (χ0) is 8.72. The first-order valence-electron chi connectivity index (χ1n) is 4.27. The molecule has 1 N–H and O–H groups in total. The number of ether oxygens (including phenoxy) is 1. The number of carbonyl (C=O) groups is 1. The molecule has 0 aliphatic carbocycles. The van der Waals surface area contributed by atoms with E-state index in [1.807, 2.05) is 0 Å². The van der Waals surface area contributed by atoms with Crippen molar-refractivity contribution in [2.24, 2.45) is 0 Å². The number of carbonyl (C=O) groups excluding carboxylic acids is 1. The maximum Gasteiger partial charge on any atom is 0.219 e. The molecule has 2 aliphatic heterocycles. The van der Waals surface area contributed by atoms with Crippen molar-refractivity contribution in [3.63, 3.8) is 0 Å². The van der Waals surface area contributed by atoms with Crippen molar-refractivity contribution in [1.29, 1.82) is 0 Å². The molecular formula is C8H13NO3. The van der Waals surface area contributed by atoms with Crippen LogP contribution < -0.4 is 0 Å². The second-order valence-electron chi connectivity index (χ2n) is 3.43. The molecule has 0 bridgehead atoms. The van der Waals surface area contributed by atoms with Crippen molar-refractivity contribution < 1.29 is 14.6 Å². The molecule has 3 atom stereocenters. The number of aliphatic hydroxyl groups excluding tert-OH is 1. The zero-order valence-electron chi connectivity index (χ0n) is 7.06. The molecule has 12 heavy (non-hydrogen) atoms. The lowest BCUT2D eigenvalue weighted by Gasteiger charge is -2.23. The maximum atomic E-state index is 11.1. The topological polar surface area (TPSA) is 49.8 Å². The number of rotatable bonds is 0. The molecule has 68 valence electrons. The highest BCUT2D eigenvalue weighted by Crippen LogP contribution is 2.29. The van der Waals surface area contributed by atoms with Crippen molar-refractivity contribution in [2.45, 2.75) is 31.6 Å². The molecule has 2 aliphatic rings. The second kappa shape index (κ2) is 2.71. The van der Waals surface area contributed by atoms with Crippen molar-refractivity contribution in [3.8, 4) is 0 Å². The highest BCUT2D eigenvalue weighted by Gasteiger charge is 2.45. The number of nitrogens with zero attached hydrogens (tertiary/aromatic N) is 1. The van der Waals surface area contributed by atoms with Crippen LogP contribution in [0.1, 0.15) is 13.3 Å². The molecule has 2 saturated heterocycles. The van der Waals surface area contributed by atoms with Gasteiger partial charge in [-0.3, -0.25) is 4.79 Å². The first-order valence-corrected chi connectivity index (χ1v) is 4.27. The van der Waals surface area contributed by atoms with Crippen molar-refractivity contribution in [2.75, 3.05) is 13.2 Å². The van der Waals surface area contributed by atoms with E-state index in [9.17, 15) is 9.90 Å². The summed E-state index contributed by atoms with van der Waals surface area (Å²) in [7, 11) is 0. The molecule has 2 unspecified atom stereocenters. The molecule has 0 aromatic heterocycles. The Labute approximate surface area is 71.1 Å². The van der Waals surface area contributed by atoms with Crippen molar-refractivity contribution in [3.05, 3.63) is 0 Å². The molecule has 1 amide bonds. The van der Waals surface area contributed by atoms with E-state index in [1.165, 1.54) is 6.92 Å². The molecule has 0 saturated carbocycles. The summed E-state index contributed by atoms with van der Waals surface area (Å²) in [4.78, 5) is 12.8. The second-order valence-corrected chi connectivity index (χ2v) is 3.43. The first-order chi connectivity index (χ1) is 5.70. The van der Waals surface area contributed by atoms with E-state index in [1.54, 1.807) is 4.90 Å². The standard InChI is InChI=1S/C8H13NO3/c1-5(10)9-3-2-7-8(9)6(11)4-12-7/h6-8,11H,2-4H2,1H3/t6?,7-,8?/m1/s1. The molecule has 2 heterocycles. The third-order valence-corrected chi connectivity index (χ3v) is 2.68. The van der Waals surface area contributed by atoms with Crippen LogP contribution in [0, 0.1) is 0 Å². The summed E-state index contributed by atoms with van der Waals surface area (Å²) in [6, 6.07) is -0.0810. The van der Waals surface area contributed by atoms with E-state index in [0.29, 0.717) is 6.61 Å². The summed E-state index contributed by atoms with van der Waals surface area (Å²) in [5, 5.41) is 9.50. The lowest BCUT2D eigenvalue weighted by atomic mass is 10.1. The Morgan fingerprint density at radius 2 is 2.42 bits per heavy atom. The van der Waals surface area contributed by atoms with E-state index in [0.717, 1.165) is 13.0 Å². The highest BCUT2D eigenvalue weighted by molar-refractivity contribution is 5.74. The largest absolute Gasteiger partial charge is 0.388 e. The van der Waals surface area contributed by atoms with Gasteiger partial charge < -0.3 is 14.7 Å². The van der Waals surface area contributed by atoms with Gasteiger partial charge in [0.05, 0.1) is 18.8 Å². The van der Waals surface area contributed by atoms with Crippen LogP contribution >= 0.6 is 0 Å². The van der Waals surface area contributed by atoms with Gasteiger partial charge >= 0.3 is 0 Å². The summed E-state index contributed by atoms with van der Waals surface area (Å²) in [6.45, 7) is 2.63. The van der Waals surface area contributed by atoms with E-state index < -0.39 is 6.10 Å². The number of aliphatic hydroxyl groups is 1. The van der Waals surface area contributed by atoms with Crippen molar-refractivity contribution >= 4 is 5.91 Å². The van der Waals surface area contributed by atoms with Gasteiger partial charge in [-0.25, -0.2) is 0 Å². The van der Waals surface area contributed by atoms with Crippen LogP contribution in [0.4, 0.5) is 0 Å². The molecule has 0 spiro atoms. The Hall–Kier alpha value is -0.610. The molecule has 4 heteroatoms. The van der Waals surface area contributed by atoms with Crippen LogP contribution in [0.2, 0.25) is 0 Å². The van der Waals surface area contributed by atoms with Crippen LogP contribution in [0.5, 0.6) is 0 Å². The smallest absolute Gasteiger partial charge is 0.219 e. The first kappa shape index (κ1) is 8.01. The van der Waals surface area contributed by atoms with Crippen LogP contribution in [0.3, 0.4) is 0 Å². The minimum absolute atomic E-state index is 0.0343. The van der Waals surface area contributed by atoms with Gasteiger partial charge in [0.25, 0.3) is 0 Å². The fourth-order valence-corrected chi connectivity index (χ4v) is 2.11. The van der Waals surface area contributed by atoms with Crippen LogP contribution in [0.15, 0.2) is 0 Å². The zero-order valence-corrected chi connectivity index (χ0v) is 7.06. The predicted molar refractivity (Wildman–Crippen MR) is 41.5 cm³/mol. The van der Waals surface area contributed by atoms with Crippen molar-refractivity contribution in [1.82, 2.24) is 4.90 Å². The number of hydrogen-bond acceptors (Lipinski definition) is 3. The normalized spacial score (nSPS) is 40.2. The average Bonchev–Trinajstić information content (AvgIpc) is 2.53. The fraction of sp³-hybridized carbons (Fsp3) is 0.875. The molecular weight excluding hydrogens is 158 g/mol. The SMILES string of the molecule is CC(=O)N1CC[C@H]2OCC(O)C21. The summed E-state index contributed by atoms with van der Waals surface area (Å²) in [5.41, 5.74) is 0. The molecule has 0 aromatic carbocycles.